The summed E-state index contributed by atoms with van der Waals surface area (Å²) in [6.07, 6.45) is 1.70. The molecule has 0 aromatic carbocycles. The maximum absolute atomic E-state index is 5.26. The molecule has 0 atom stereocenters. The largest absolute Gasteiger partial charge is 0.491 e. The van der Waals surface area contributed by atoms with Crippen LogP contribution in [0.4, 0.5) is 0 Å². The molecule has 0 aliphatic rings. The van der Waals surface area contributed by atoms with Gasteiger partial charge in [-0.3, -0.25) is 4.98 Å². The maximum Gasteiger partial charge on any atom is 0.137 e. The topological polar surface area (TPSA) is 48.1 Å². The fourth-order valence-electron chi connectivity index (χ4n) is 0.716. The average molecular weight is 152 g/mol. The van der Waals surface area contributed by atoms with Crippen molar-refractivity contribution < 1.29 is 4.74 Å². The van der Waals surface area contributed by atoms with Crippen LogP contribution in [0.2, 0.25) is 0 Å². The highest BCUT2D eigenvalue weighted by atomic mass is 16.5. The zero-order valence-electron chi connectivity index (χ0n) is 6.58. The third kappa shape index (κ3) is 2.55. The van der Waals surface area contributed by atoms with Crippen LogP contribution in [0.25, 0.3) is 0 Å². The number of nitrogens with two attached hydrogens (primary N) is 1. The molecule has 0 radical (unpaired) electrons. The quantitative estimate of drug-likeness (QED) is 0.694. The van der Waals surface area contributed by atoms with Gasteiger partial charge in [0.15, 0.2) is 0 Å². The Morgan fingerprint density at radius 1 is 1.55 bits per heavy atom. The second-order valence-electron chi connectivity index (χ2n) is 2.27. The molecule has 0 aliphatic carbocycles. The lowest BCUT2D eigenvalue weighted by Crippen LogP contribution is -2.10. The Morgan fingerprint density at radius 3 is 2.91 bits per heavy atom. The van der Waals surface area contributed by atoms with Gasteiger partial charge in [-0.25, -0.2) is 0 Å². The van der Waals surface area contributed by atoms with Crippen LogP contribution in [0.5, 0.6) is 5.75 Å². The predicted molar refractivity (Wildman–Crippen MR) is 43.5 cm³/mol. The van der Waals surface area contributed by atoms with Crippen molar-refractivity contribution in [1.82, 2.24) is 4.98 Å². The second kappa shape index (κ2) is 3.93. The first-order chi connectivity index (χ1) is 5.33. The van der Waals surface area contributed by atoms with Crippen molar-refractivity contribution in [2.75, 3.05) is 13.2 Å². The maximum atomic E-state index is 5.26. The Kier molecular flexibility index (Phi) is 2.86. The lowest BCUT2D eigenvalue weighted by molar-refractivity contribution is 0.327. The van der Waals surface area contributed by atoms with Gasteiger partial charge in [0.1, 0.15) is 12.4 Å². The van der Waals surface area contributed by atoms with Gasteiger partial charge in [-0.05, 0) is 19.1 Å². The van der Waals surface area contributed by atoms with Gasteiger partial charge in [-0.2, -0.15) is 0 Å². The molecule has 0 aliphatic heterocycles. The molecule has 60 valence electrons. The molecule has 3 nitrogen and oxygen atoms in total. The Hall–Kier alpha value is -1.09. The third-order valence-corrected chi connectivity index (χ3v) is 1.27. The van der Waals surface area contributed by atoms with Crippen LogP contribution >= 0.6 is 0 Å². The first-order valence-electron chi connectivity index (χ1n) is 3.58. The molecule has 0 unspecified atom stereocenters. The number of hydrogen-bond donors (Lipinski definition) is 1. The molecule has 0 fully saturated rings. The molecule has 1 aromatic heterocycles. The number of rotatable bonds is 3. The molecule has 0 saturated carbocycles. The molecule has 0 amide bonds. The highest BCUT2D eigenvalue weighted by Gasteiger charge is 1.90. The Bertz CT molecular complexity index is 208. The van der Waals surface area contributed by atoms with E-state index in [2.05, 4.69) is 4.98 Å². The van der Waals surface area contributed by atoms with Crippen LogP contribution in [0, 0.1) is 6.92 Å². The summed E-state index contributed by atoms with van der Waals surface area (Å²) in [5, 5.41) is 0. The van der Waals surface area contributed by atoms with E-state index in [1.54, 1.807) is 6.20 Å². The van der Waals surface area contributed by atoms with Crippen LogP contribution in [-0.4, -0.2) is 18.1 Å². The highest BCUT2D eigenvalue weighted by molar-refractivity contribution is 5.18. The van der Waals surface area contributed by atoms with Gasteiger partial charge in [-0.1, -0.05) is 0 Å². The van der Waals surface area contributed by atoms with E-state index in [0.717, 1.165) is 11.4 Å². The van der Waals surface area contributed by atoms with E-state index in [9.17, 15) is 0 Å². The summed E-state index contributed by atoms with van der Waals surface area (Å²) in [7, 11) is 0. The van der Waals surface area contributed by atoms with Gasteiger partial charge >= 0.3 is 0 Å². The fourth-order valence-corrected chi connectivity index (χ4v) is 0.716. The van der Waals surface area contributed by atoms with E-state index in [-0.39, 0.29) is 0 Å². The normalized spacial score (nSPS) is 9.64. The predicted octanol–water partition coefficient (Wildman–Crippen LogP) is 0.728. The zero-order chi connectivity index (χ0) is 8.10. The van der Waals surface area contributed by atoms with Gasteiger partial charge in [-0.15, -0.1) is 0 Å². The number of ether oxygens (including phenoxy) is 1. The van der Waals surface area contributed by atoms with E-state index in [4.69, 9.17) is 10.5 Å². The van der Waals surface area contributed by atoms with Crippen molar-refractivity contribution in [1.29, 1.82) is 0 Å². The molecule has 3 heteroatoms. The molecule has 0 spiro atoms. The van der Waals surface area contributed by atoms with Crippen LogP contribution in [0.3, 0.4) is 0 Å². The van der Waals surface area contributed by atoms with E-state index in [1.807, 2.05) is 19.1 Å². The van der Waals surface area contributed by atoms with Gasteiger partial charge in [0.2, 0.25) is 0 Å². The summed E-state index contributed by atoms with van der Waals surface area (Å²) in [5.74, 6) is 0.779. The first-order valence-corrected chi connectivity index (χ1v) is 3.58. The standard InChI is InChI=1S/C8H12N2O/c1-7-2-3-8(6-10-7)11-5-4-9/h2-3,6H,4-5,9H2,1H3. The molecule has 0 bridgehead atoms. The van der Waals surface area contributed by atoms with E-state index >= 15 is 0 Å². The molecule has 11 heavy (non-hydrogen) atoms. The SMILES string of the molecule is Cc1ccc(OCCN)cn1. The van der Waals surface area contributed by atoms with E-state index in [0.29, 0.717) is 13.2 Å². The first kappa shape index (κ1) is 8.01. The van der Waals surface area contributed by atoms with E-state index in [1.165, 1.54) is 0 Å². The minimum atomic E-state index is 0.536. The van der Waals surface area contributed by atoms with Crippen LogP contribution < -0.4 is 10.5 Å². The van der Waals surface area contributed by atoms with Crippen LogP contribution in [-0.2, 0) is 0 Å². The number of aromatic nitrogens is 1. The van der Waals surface area contributed by atoms with Crippen LogP contribution in [0.15, 0.2) is 18.3 Å². The smallest absolute Gasteiger partial charge is 0.137 e. The Balaban J connectivity index is 2.52. The molecule has 1 heterocycles. The summed E-state index contributed by atoms with van der Waals surface area (Å²) in [6, 6.07) is 3.80. The molecule has 0 saturated heterocycles. The van der Waals surface area contributed by atoms with Crippen molar-refractivity contribution in [2.24, 2.45) is 5.73 Å². The monoisotopic (exact) mass is 152 g/mol. The molecular formula is C8H12N2O. The molecule has 1 aromatic rings. The number of hydrogen-bond acceptors (Lipinski definition) is 3. The summed E-state index contributed by atoms with van der Waals surface area (Å²) in [4.78, 5) is 4.07. The van der Waals surface area contributed by atoms with Crippen molar-refractivity contribution in [3.05, 3.63) is 24.0 Å². The minimum Gasteiger partial charge on any atom is -0.491 e. The number of aryl methyl sites for hydroxylation is 1. The summed E-state index contributed by atoms with van der Waals surface area (Å²) in [6.45, 7) is 3.02. The van der Waals surface area contributed by atoms with Crippen molar-refractivity contribution in [3.63, 3.8) is 0 Å². The van der Waals surface area contributed by atoms with Gasteiger partial charge in [0.05, 0.1) is 6.20 Å². The van der Waals surface area contributed by atoms with E-state index < -0.39 is 0 Å². The van der Waals surface area contributed by atoms with Gasteiger partial charge in [0.25, 0.3) is 0 Å². The molecular weight excluding hydrogens is 140 g/mol. The number of pyridine rings is 1. The average Bonchev–Trinajstić information content (AvgIpc) is 2.04. The van der Waals surface area contributed by atoms with Crippen molar-refractivity contribution in [2.45, 2.75) is 6.92 Å². The van der Waals surface area contributed by atoms with Crippen LogP contribution in [0.1, 0.15) is 5.69 Å². The summed E-state index contributed by atoms with van der Waals surface area (Å²) >= 11 is 0. The summed E-state index contributed by atoms with van der Waals surface area (Å²) < 4.78 is 5.22. The van der Waals surface area contributed by atoms with Gasteiger partial charge < -0.3 is 10.5 Å². The van der Waals surface area contributed by atoms with Crippen molar-refractivity contribution >= 4 is 0 Å². The molecule has 1 rings (SSSR count). The lowest BCUT2D eigenvalue weighted by Gasteiger charge is -2.02. The van der Waals surface area contributed by atoms with Crippen molar-refractivity contribution in [3.8, 4) is 5.75 Å². The summed E-state index contributed by atoms with van der Waals surface area (Å²) in [5.41, 5.74) is 6.25. The fraction of sp³-hybridized carbons (Fsp3) is 0.375. The molecule has 2 N–H and O–H groups in total. The van der Waals surface area contributed by atoms with Gasteiger partial charge in [0, 0.05) is 12.2 Å². The Morgan fingerprint density at radius 2 is 2.36 bits per heavy atom. The highest BCUT2D eigenvalue weighted by Crippen LogP contribution is 2.07. The second-order valence-corrected chi connectivity index (χ2v) is 2.27. The Labute approximate surface area is 66.2 Å². The zero-order valence-corrected chi connectivity index (χ0v) is 6.58. The number of nitrogens with zero attached hydrogens (tertiary/aromatic N) is 1. The minimum absolute atomic E-state index is 0.536. The third-order valence-electron chi connectivity index (χ3n) is 1.27. The lowest BCUT2D eigenvalue weighted by atomic mass is 10.4.